The summed E-state index contributed by atoms with van der Waals surface area (Å²) in [6.45, 7) is 6.77. The van der Waals surface area contributed by atoms with Crippen molar-refractivity contribution in [1.29, 1.82) is 0 Å². The molecular weight excluding hydrogens is 300 g/mol. The first kappa shape index (κ1) is 16.8. The maximum absolute atomic E-state index is 12.3. The molecule has 0 aromatic heterocycles. The third-order valence-corrected chi connectivity index (χ3v) is 4.31. The van der Waals surface area contributed by atoms with Crippen molar-refractivity contribution in [3.8, 4) is 0 Å². The Morgan fingerprint density at radius 1 is 1.23 bits per heavy atom. The van der Waals surface area contributed by atoms with E-state index in [4.69, 9.17) is 4.74 Å². The average molecular weight is 322 g/mol. The van der Waals surface area contributed by atoms with Crippen molar-refractivity contribution in [1.82, 2.24) is 4.90 Å². The molecule has 1 aromatic carbocycles. The van der Waals surface area contributed by atoms with Gasteiger partial charge in [-0.25, -0.2) is 0 Å². The van der Waals surface area contributed by atoms with Crippen LogP contribution in [0.3, 0.4) is 0 Å². The molecule has 0 saturated carbocycles. The van der Waals surface area contributed by atoms with Crippen LogP contribution in [0.1, 0.15) is 20.8 Å². The number of morpholine rings is 1. The van der Waals surface area contributed by atoms with Gasteiger partial charge in [0.25, 0.3) is 0 Å². The second-order valence-corrected chi connectivity index (χ2v) is 6.60. The second kappa shape index (κ2) is 7.65. The van der Waals surface area contributed by atoms with E-state index in [0.29, 0.717) is 18.8 Å². The molecule has 2 atom stereocenters. The lowest BCUT2D eigenvalue weighted by molar-refractivity contribution is -0.140. The first-order chi connectivity index (χ1) is 10.4. The molecule has 1 aromatic rings. The maximum atomic E-state index is 12.3. The van der Waals surface area contributed by atoms with Crippen LogP contribution >= 0.6 is 11.8 Å². The molecule has 1 aliphatic heterocycles. The number of rotatable bonds is 4. The first-order valence-corrected chi connectivity index (χ1v) is 8.36. The molecular formula is C16H22N2O3S. The van der Waals surface area contributed by atoms with Gasteiger partial charge in [-0.05, 0) is 38.1 Å². The van der Waals surface area contributed by atoms with E-state index in [1.807, 2.05) is 43.0 Å². The van der Waals surface area contributed by atoms with Gasteiger partial charge < -0.3 is 15.0 Å². The summed E-state index contributed by atoms with van der Waals surface area (Å²) in [6, 6.07) is 7.50. The Hall–Kier alpha value is -1.53. The number of benzene rings is 1. The Labute approximate surface area is 135 Å². The van der Waals surface area contributed by atoms with E-state index in [-0.39, 0.29) is 24.0 Å². The summed E-state index contributed by atoms with van der Waals surface area (Å²) in [4.78, 5) is 26.1. The third-order valence-electron chi connectivity index (χ3n) is 3.31. The van der Waals surface area contributed by atoms with E-state index in [1.54, 1.807) is 0 Å². The molecule has 5 nitrogen and oxygen atoms in total. The lowest BCUT2D eigenvalue weighted by Gasteiger charge is -2.35. The Balaban J connectivity index is 1.84. The highest BCUT2D eigenvalue weighted by Gasteiger charge is 2.25. The highest BCUT2D eigenvalue weighted by atomic mass is 32.2. The standard InChI is InChI=1S/C16H22N2O3S/c1-11-8-18(9-12(2)21-11)16(20)10-22-15-6-4-14(5-7-15)17-13(3)19/h4-7,11-12H,8-10H2,1-3H3,(H,17,19)/t11-,12+. The minimum absolute atomic E-state index is 0.0915. The molecule has 1 fully saturated rings. The van der Waals surface area contributed by atoms with E-state index in [1.165, 1.54) is 18.7 Å². The third kappa shape index (κ3) is 5.03. The van der Waals surface area contributed by atoms with Gasteiger partial charge in [0, 0.05) is 30.6 Å². The molecule has 1 aliphatic rings. The van der Waals surface area contributed by atoms with E-state index in [0.717, 1.165) is 10.6 Å². The monoisotopic (exact) mass is 322 g/mol. The minimum atomic E-state index is -0.0915. The number of hydrogen-bond donors (Lipinski definition) is 1. The van der Waals surface area contributed by atoms with Crippen molar-refractivity contribution in [2.24, 2.45) is 0 Å². The van der Waals surface area contributed by atoms with E-state index < -0.39 is 0 Å². The Bertz CT molecular complexity index is 523. The largest absolute Gasteiger partial charge is 0.372 e. The molecule has 1 saturated heterocycles. The average Bonchev–Trinajstić information content (AvgIpc) is 2.44. The van der Waals surface area contributed by atoms with Gasteiger partial charge in [-0.15, -0.1) is 11.8 Å². The highest BCUT2D eigenvalue weighted by Crippen LogP contribution is 2.21. The summed E-state index contributed by atoms with van der Waals surface area (Å²) >= 11 is 1.51. The topological polar surface area (TPSA) is 58.6 Å². The zero-order valence-electron chi connectivity index (χ0n) is 13.2. The van der Waals surface area contributed by atoms with Crippen molar-refractivity contribution in [2.75, 3.05) is 24.2 Å². The molecule has 0 aliphatic carbocycles. The Morgan fingerprint density at radius 3 is 2.36 bits per heavy atom. The summed E-state index contributed by atoms with van der Waals surface area (Å²) in [5.41, 5.74) is 0.763. The lowest BCUT2D eigenvalue weighted by Crippen LogP contribution is -2.48. The number of nitrogens with one attached hydrogen (secondary N) is 1. The number of thioether (sulfide) groups is 1. The molecule has 0 radical (unpaired) electrons. The van der Waals surface area contributed by atoms with Crippen LogP contribution in [0.25, 0.3) is 0 Å². The van der Waals surface area contributed by atoms with Gasteiger partial charge in [0.05, 0.1) is 18.0 Å². The number of carbonyl (C=O) groups excluding carboxylic acids is 2. The number of nitrogens with zero attached hydrogens (tertiary/aromatic N) is 1. The first-order valence-electron chi connectivity index (χ1n) is 7.37. The fourth-order valence-corrected chi connectivity index (χ4v) is 3.26. The number of carbonyl (C=O) groups is 2. The van der Waals surface area contributed by atoms with Gasteiger partial charge in [-0.2, -0.15) is 0 Å². The van der Waals surface area contributed by atoms with Gasteiger partial charge in [-0.3, -0.25) is 9.59 Å². The zero-order chi connectivity index (χ0) is 16.1. The van der Waals surface area contributed by atoms with Crippen LogP contribution in [-0.2, 0) is 14.3 Å². The molecule has 0 unspecified atom stereocenters. The van der Waals surface area contributed by atoms with Crippen molar-refractivity contribution in [2.45, 2.75) is 37.9 Å². The summed E-state index contributed by atoms with van der Waals surface area (Å²) in [5, 5.41) is 2.72. The van der Waals surface area contributed by atoms with Crippen LogP contribution in [-0.4, -0.2) is 47.8 Å². The van der Waals surface area contributed by atoms with Gasteiger partial charge in [0.2, 0.25) is 11.8 Å². The Morgan fingerprint density at radius 2 is 1.82 bits per heavy atom. The maximum Gasteiger partial charge on any atom is 0.233 e. The van der Waals surface area contributed by atoms with Crippen molar-refractivity contribution >= 4 is 29.3 Å². The molecule has 2 rings (SSSR count). The summed E-state index contributed by atoms with van der Waals surface area (Å²) < 4.78 is 5.64. The molecule has 1 heterocycles. The fraction of sp³-hybridized carbons (Fsp3) is 0.500. The summed E-state index contributed by atoms with van der Waals surface area (Å²) in [5.74, 6) is 0.461. The molecule has 22 heavy (non-hydrogen) atoms. The minimum Gasteiger partial charge on any atom is -0.372 e. The van der Waals surface area contributed by atoms with Crippen LogP contribution in [0, 0.1) is 0 Å². The van der Waals surface area contributed by atoms with Crippen LogP contribution in [0.2, 0.25) is 0 Å². The van der Waals surface area contributed by atoms with E-state index >= 15 is 0 Å². The normalized spacial score (nSPS) is 21.5. The number of amides is 2. The predicted molar refractivity (Wildman–Crippen MR) is 88.1 cm³/mol. The molecule has 2 amide bonds. The zero-order valence-corrected chi connectivity index (χ0v) is 14.0. The van der Waals surface area contributed by atoms with Crippen molar-refractivity contribution in [3.05, 3.63) is 24.3 Å². The smallest absolute Gasteiger partial charge is 0.233 e. The lowest BCUT2D eigenvalue weighted by atomic mass is 10.2. The molecule has 120 valence electrons. The van der Waals surface area contributed by atoms with Crippen LogP contribution < -0.4 is 5.32 Å². The van der Waals surface area contributed by atoms with E-state index in [9.17, 15) is 9.59 Å². The van der Waals surface area contributed by atoms with Crippen molar-refractivity contribution < 1.29 is 14.3 Å². The van der Waals surface area contributed by atoms with E-state index in [2.05, 4.69) is 5.32 Å². The Kier molecular flexibility index (Phi) is 5.85. The van der Waals surface area contributed by atoms with Crippen LogP contribution in [0.15, 0.2) is 29.2 Å². The van der Waals surface area contributed by atoms with Gasteiger partial charge in [0.1, 0.15) is 0 Å². The highest BCUT2D eigenvalue weighted by molar-refractivity contribution is 8.00. The molecule has 0 bridgehead atoms. The van der Waals surface area contributed by atoms with Crippen LogP contribution in [0.5, 0.6) is 0 Å². The second-order valence-electron chi connectivity index (χ2n) is 5.55. The predicted octanol–water partition coefficient (Wildman–Crippen LogP) is 2.37. The number of ether oxygens (including phenoxy) is 1. The summed E-state index contributed by atoms with van der Waals surface area (Å²) in [7, 11) is 0. The van der Waals surface area contributed by atoms with Gasteiger partial charge >= 0.3 is 0 Å². The quantitative estimate of drug-likeness (QED) is 0.865. The summed E-state index contributed by atoms with van der Waals surface area (Å²) in [6.07, 6.45) is 0.185. The fourth-order valence-electron chi connectivity index (χ4n) is 2.46. The molecule has 6 heteroatoms. The molecule has 0 spiro atoms. The van der Waals surface area contributed by atoms with Crippen LogP contribution in [0.4, 0.5) is 5.69 Å². The number of hydrogen-bond acceptors (Lipinski definition) is 4. The van der Waals surface area contributed by atoms with Gasteiger partial charge in [0.15, 0.2) is 0 Å². The SMILES string of the molecule is CC(=O)Nc1ccc(SCC(=O)N2C[C@@H](C)O[C@@H](C)C2)cc1. The number of anilines is 1. The van der Waals surface area contributed by atoms with Crippen molar-refractivity contribution in [3.63, 3.8) is 0 Å². The molecule has 1 N–H and O–H groups in total. The van der Waals surface area contributed by atoms with Gasteiger partial charge in [-0.1, -0.05) is 0 Å².